The molecule has 83 heavy (non-hydrogen) atoms. The average Bonchev–Trinajstić information content (AvgIpc) is 3.39. The Balaban J connectivity index is 0.634. The van der Waals surface area contributed by atoms with Gasteiger partial charge in [0.15, 0.2) is 23.5 Å². The fourth-order valence-corrected chi connectivity index (χ4v) is 10.2. The number of carbonyl (C=O) groups excluding carboxylic acids is 1. The van der Waals surface area contributed by atoms with Gasteiger partial charge in [-0.2, -0.15) is 15.1 Å². The number of aromatic nitrogens is 7. The van der Waals surface area contributed by atoms with Crippen LogP contribution in [0.5, 0.6) is 5.75 Å². The first-order valence-corrected chi connectivity index (χ1v) is 29.0. The highest BCUT2D eigenvalue weighted by Crippen LogP contribution is 2.52. The molecule has 1 saturated carbocycles. The number of ether oxygens (including phenoxy) is 13. The predicted octanol–water partition coefficient (Wildman–Crippen LogP) is 1.73. The highest BCUT2D eigenvalue weighted by atomic mass is 35.5. The van der Waals surface area contributed by atoms with Crippen LogP contribution < -0.4 is 9.64 Å². The van der Waals surface area contributed by atoms with E-state index >= 15 is 0 Å². The second-order valence-corrected chi connectivity index (χ2v) is 22.0. The molecule has 5 heterocycles. The highest BCUT2D eigenvalue weighted by Gasteiger charge is 2.52. The molecule has 33 heteroatoms. The lowest BCUT2D eigenvalue weighted by atomic mass is 9.68. The van der Waals surface area contributed by atoms with Gasteiger partial charge in [0.1, 0.15) is 35.6 Å². The Labute approximate surface area is 480 Å². The van der Waals surface area contributed by atoms with Gasteiger partial charge >= 0.3 is 13.6 Å². The van der Waals surface area contributed by atoms with Crippen molar-refractivity contribution in [3.05, 3.63) is 53.0 Å². The molecule has 1 unspecified atom stereocenters. The number of benzene rings is 1. The molecule has 7 rings (SSSR count). The Bertz CT molecular complexity index is 2630. The number of methoxy groups -OCH3 is 1. The first-order chi connectivity index (χ1) is 40.0. The van der Waals surface area contributed by atoms with Gasteiger partial charge in [-0.15, -0.1) is 5.10 Å². The summed E-state index contributed by atoms with van der Waals surface area (Å²) in [4.78, 5) is 42.5. The molecule has 0 radical (unpaired) electrons. The molecule has 1 aromatic carbocycles. The molecule has 466 valence electrons. The molecule has 2 saturated heterocycles. The SMILES string of the molecule is COCC(CO)(OC[C@H]1O[C@@H](n2ncc3c(N4CC5(CCC(OCCOCCOCCOCCOCc6cn(CCOCCOCCOCCOCCC(=O)Oc7c(F)cc(F)cc7F)nn6)CC5)C4)nc(Cl)nc32)[C@H](O)[C@@H]1O)P(=O)(O)O. The Kier molecular flexibility index (Phi) is 26.4. The van der Waals surface area contributed by atoms with Gasteiger partial charge in [-0.05, 0) is 37.3 Å². The number of fused-ring (bicyclic) bond motifs is 1. The largest absolute Gasteiger partial charge is 0.420 e. The standard InChI is InChI=1S/C50H73ClF3N8O20P/c1-70-33-50(32-63,83(67,68)69)80-29-40-42(65)43(66)47(81-40)62-46-37(26-55-62)45(56-48(51)57-46)60-30-49(31-60)5-2-36(3-6-49)79-23-22-77-19-18-75-16-17-76-20-21-78-28-35-27-61(59-58-35)7-9-72-11-13-74-15-14-73-12-10-71-8-4-41(64)82-44-38(53)24-34(52)25-39(44)54/h24-27,36,40,42-43,47,63,65-66H,2-23,28-33H2,1H3,(H2,67,68,69)/t40-,42-,43-,47-,50?/m1/s1. The van der Waals surface area contributed by atoms with Crippen molar-refractivity contribution in [2.24, 2.45) is 5.41 Å². The number of aliphatic hydroxyl groups excluding tert-OH is 3. The summed E-state index contributed by atoms with van der Waals surface area (Å²) in [5, 5.41) is 42.3. The summed E-state index contributed by atoms with van der Waals surface area (Å²) in [5.74, 6) is -5.07. The summed E-state index contributed by atoms with van der Waals surface area (Å²) in [6.45, 7) is 5.42. The Hall–Kier alpha value is -4.19. The summed E-state index contributed by atoms with van der Waals surface area (Å²) in [6, 6.07) is 0.836. The van der Waals surface area contributed by atoms with E-state index in [2.05, 4.69) is 35.0 Å². The van der Waals surface area contributed by atoms with E-state index in [4.69, 9.17) is 68.4 Å². The maximum Gasteiger partial charge on any atom is 0.361 e. The van der Waals surface area contributed by atoms with Crippen LogP contribution in [0, 0.1) is 22.9 Å². The van der Waals surface area contributed by atoms with Gasteiger partial charge in [0.25, 0.3) is 0 Å². The predicted molar refractivity (Wildman–Crippen MR) is 281 cm³/mol. The maximum atomic E-state index is 13.6. The Morgan fingerprint density at radius 3 is 1.99 bits per heavy atom. The molecule has 4 aromatic rings. The van der Waals surface area contributed by atoms with Gasteiger partial charge in [0.05, 0.1) is 169 Å². The number of esters is 1. The molecular formula is C50H73ClF3N8O20P. The van der Waals surface area contributed by atoms with Crippen molar-refractivity contribution in [1.82, 2.24) is 34.7 Å². The van der Waals surface area contributed by atoms with E-state index in [-0.39, 0.29) is 55.3 Å². The average molecular weight is 1230 g/mol. The summed E-state index contributed by atoms with van der Waals surface area (Å²) in [6.07, 6.45) is 1.28. The van der Waals surface area contributed by atoms with Crippen LogP contribution in [-0.4, -0.2) is 241 Å². The van der Waals surface area contributed by atoms with Crippen LogP contribution in [0.1, 0.15) is 44.0 Å². The maximum absolute atomic E-state index is 13.6. The monoisotopic (exact) mass is 1230 g/mol. The van der Waals surface area contributed by atoms with Crippen molar-refractivity contribution in [2.75, 3.05) is 151 Å². The van der Waals surface area contributed by atoms with E-state index in [1.54, 1.807) is 10.9 Å². The number of hydrogen-bond donors (Lipinski definition) is 5. The molecule has 1 spiro atoms. The number of aliphatic hydroxyl groups is 3. The van der Waals surface area contributed by atoms with Crippen LogP contribution >= 0.6 is 19.2 Å². The fourth-order valence-electron chi connectivity index (χ4n) is 9.33. The Morgan fingerprint density at radius 1 is 0.819 bits per heavy atom. The Morgan fingerprint density at radius 2 is 1.40 bits per heavy atom. The van der Waals surface area contributed by atoms with Crippen molar-refractivity contribution in [1.29, 1.82) is 0 Å². The number of hydrogen-bond acceptors (Lipinski definition) is 24. The first kappa shape index (κ1) is 66.3. The van der Waals surface area contributed by atoms with E-state index in [1.807, 2.05) is 0 Å². The van der Waals surface area contributed by atoms with Crippen molar-refractivity contribution in [3.8, 4) is 5.75 Å². The third-order valence-electron chi connectivity index (χ3n) is 13.7. The van der Waals surface area contributed by atoms with Gasteiger partial charge in [0.2, 0.25) is 16.4 Å². The number of anilines is 1. The van der Waals surface area contributed by atoms with Crippen LogP contribution in [0.15, 0.2) is 24.5 Å². The van der Waals surface area contributed by atoms with E-state index < -0.39 is 86.5 Å². The number of carbonyl (C=O) groups is 1. The van der Waals surface area contributed by atoms with Gasteiger partial charge in [-0.3, -0.25) is 9.36 Å². The summed E-state index contributed by atoms with van der Waals surface area (Å²) >= 11 is 6.41. The fraction of sp³-hybridized carbons (Fsp3) is 0.720. The van der Waals surface area contributed by atoms with E-state index in [1.165, 1.54) is 18.0 Å². The normalized spacial score (nSPS) is 20.0. The quantitative estimate of drug-likeness (QED) is 0.0139. The van der Waals surface area contributed by atoms with Crippen LogP contribution in [0.4, 0.5) is 19.0 Å². The van der Waals surface area contributed by atoms with E-state index in [9.17, 15) is 47.6 Å². The van der Waals surface area contributed by atoms with Crippen molar-refractivity contribution in [2.45, 2.75) is 81.2 Å². The zero-order valence-corrected chi connectivity index (χ0v) is 47.5. The third kappa shape index (κ3) is 19.4. The zero-order chi connectivity index (χ0) is 59.2. The van der Waals surface area contributed by atoms with E-state index in [0.29, 0.717) is 121 Å². The minimum absolute atomic E-state index is 0.0577. The summed E-state index contributed by atoms with van der Waals surface area (Å²) in [7, 11) is -3.88. The number of nitrogens with zero attached hydrogens (tertiary/aromatic N) is 8. The lowest BCUT2D eigenvalue weighted by Gasteiger charge is -2.54. The second kappa shape index (κ2) is 33.1. The smallest absolute Gasteiger partial charge is 0.361 e. The zero-order valence-electron chi connectivity index (χ0n) is 45.9. The second-order valence-electron chi connectivity index (χ2n) is 19.7. The summed E-state index contributed by atoms with van der Waals surface area (Å²) in [5.41, 5.74) is 1.00. The van der Waals surface area contributed by atoms with Crippen molar-refractivity contribution >= 4 is 42.0 Å². The van der Waals surface area contributed by atoms with Gasteiger partial charge in [0, 0.05) is 37.7 Å². The number of rotatable bonds is 40. The first-order valence-electron chi connectivity index (χ1n) is 27.0. The van der Waals surface area contributed by atoms with Crippen LogP contribution in [-0.2, 0) is 79.4 Å². The van der Waals surface area contributed by atoms with Crippen LogP contribution in [0.2, 0.25) is 5.28 Å². The minimum Gasteiger partial charge on any atom is -0.420 e. The van der Waals surface area contributed by atoms with Crippen molar-refractivity contribution < 1.29 is 109 Å². The van der Waals surface area contributed by atoms with Gasteiger partial charge in [-0.25, -0.2) is 22.5 Å². The van der Waals surface area contributed by atoms with Crippen LogP contribution in [0.25, 0.3) is 11.0 Å². The molecular weight excluding hydrogens is 1160 g/mol. The van der Waals surface area contributed by atoms with Crippen LogP contribution in [0.3, 0.4) is 0 Å². The molecule has 5 atom stereocenters. The van der Waals surface area contributed by atoms with E-state index in [0.717, 1.165) is 38.8 Å². The minimum atomic E-state index is -5.06. The summed E-state index contributed by atoms with van der Waals surface area (Å²) < 4.78 is 126. The van der Waals surface area contributed by atoms with Crippen molar-refractivity contribution in [3.63, 3.8) is 0 Å². The molecule has 1 aliphatic carbocycles. The molecule has 0 amide bonds. The molecule has 3 aromatic heterocycles. The van der Waals surface area contributed by atoms with Gasteiger partial charge in [-0.1, -0.05) is 5.21 Å². The molecule has 28 nitrogen and oxygen atoms in total. The lowest BCUT2D eigenvalue weighted by molar-refractivity contribution is -0.136. The lowest BCUT2D eigenvalue weighted by Crippen LogP contribution is -2.58. The molecule has 0 bridgehead atoms. The molecule has 5 N–H and O–H groups in total. The third-order valence-corrected chi connectivity index (χ3v) is 15.4. The van der Waals surface area contributed by atoms with Gasteiger partial charge < -0.3 is 91.6 Å². The molecule has 3 aliphatic rings. The highest BCUT2D eigenvalue weighted by molar-refractivity contribution is 7.53. The molecule has 3 fully saturated rings. The topological polar surface area (TPSA) is 333 Å². The molecule has 2 aliphatic heterocycles. The number of halogens is 4.